The molecule has 1 unspecified atom stereocenters. The number of hydrogen-bond donors (Lipinski definition) is 2. The molecule has 1 aromatic carbocycles. The Morgan fingerprint density at radius 1 is 1.43 bits per heavy atom. The summed E-state index contributed by atoms with van der Waals surface area (Å²) in [6.45, 7) is 2.62. The third-order valence-electron chi connectivity index (χ3n) is 2.46. The molecular weight excluding hydrogens is 176 g/mol. The third-order valence-corrected chi connectivity index (χ3v) is 2.46. The molecule has 0 aliphatic carbocycles. The second kappa shape index (κ2) is 3.80. The molecule has 0 saturated carbocycles. The number of hydrogen-bond acceptors (Lipinski definition) is 2. The van der Waals surface area contributed by atoms with Gasteiger partial charge in [0.05, 0.1) is 0 Å². The van der Waals surface area contributed by atoms with Gasteiger partial charge in [0.1, 0.15) is 0 Å². The van der Waals surface area contributed by atoms with Crippen LogP contribution in [0.5, 0.6) is 0 Å². The molecule has 0 bridgehead atoms. The maximum absolute atomic E-state index is 10.8. The Morgan fingerprint density at radius 3 is 2.50 bits per heavy atom. The summed E-state index contributed by atoms with van der Waals surface area (Å²) in [5, 5.41) is 6.08. The Morgan fingerprint density at radius 2 is 2.07 bits per heavy atom. The minimum Gasteiger partial charge on any atom is -0.326 e. The maximum Gasteiger partial charge on any atom is 0.221 e. The van der Waals surface area contributed by atoms with E-state index in [1.807, 2.05) is 12.1 Å². The molecule has 1 fully saturated rings. The van der Waals surface area contributed by atoms with Crippen molar-refractivity contribution in [1.29, 1.82) is 0 Å². The summed E-state index contributed by atoms with van der Waals surface area (Å²) in [7, 11) is 0. The summed E-state index contributed by atoms with van der Waals surface area (Å²) in [5.74, 6) is -0.0282. The van der Waals surface area contributed by atoms with Crippen molar-refractivity contribution in [3.63, 3.8) is 0 Å². The van der Waals surface area contributed by atoms with Gasteiger partial charge in [-0.2, -0.15) is 0 Å². The fourth-order valence-corrected chi connectivity index (χ4v) is 1.58. The zero-order valence-electron chi connectivity index (χ0n) is 8.21. The van der Waals surface area contributed by atoms with Gasteiger partial charge in [-0.05, 0) is 30.7 Å². The Kier molecular flexibility index (Phi) is 2.50. The van der Waals surface area contributed by atoms with Gasteiger partial charge in [0.2, 0.25) is 5.91 Å². The van der Waals surface area contributed by atoms with E-state index in [4.69, 9.17) is 0 Å². The van der Waals surface area contributed by atoms with Gasteiger partial charge in [-0.15, -0.1) is 0 Å². The lowest BCUT2D eigenvalue weighted by Gasteiger charge is -2.28. The second-order valence-corrected chi connectivity index (χ2v) is 3.60. The summed E-state index contributed by atoms with van der Waals surface area (Å²) in [6, 6.07) is 8.51. The van der Waals surface area contributed by atoms with Gasteiger partial charge in [-0.3, -0.25) is 4.79 Å². The number of anilines is 1. The van der Waals surface area contributed by atoms with E-state index >= 15 is 0 Å². The van der Waals surface area contributed by atoms with E-state index in [1.165, 1.54) is 18.9 Å². The average Bonchev–Trinajstić information content (AvgIpc) is 2.04. The van der Waals surface area contributed by atoms with Crippen LogP contribution >= 0.6 is 0 Å². The van der Waals surface area contributed by atoms with Gasteiger partial charge in [0.25, 0.3) is 0 Å². The monoisotopic (exact) mass is 190 g/mol. The third kappa shape index (κ3) is 1.93. The molecule has 1 amide bonds. The van der Waals surface area contributed by atoms with Crippen LogP contribution in [0.15, 0.2) is 24.3 Å². The van der Waals surface area contributed by atoms with Gasteiger partial charge in [-0.25, -0.2) is 0 Å². The van der Waals surface area contributed by atoms with Gasteiger partial charge in [-0.1, -0.05) is 12.1 Å². The summed E-state index contributed by atoms with van der Waals surface area (Å²) >= 11 is 0. The van der Waals surface area contributed by atoms with Crippen molar-refractivity contribution >= 4 is 11.6 Å². The number of benzene rings is 1. The van der Waals surface area contributed by atoms with Crippen molar-refractivity contribution in [2.75, 3.05) is 11.9 Å². The van der Waals surface area contributed by atoms with E-state index in [1.54, 1.807) is 0 Å². The van der Waals surface area contributed by atoms with Gasteiger partial charge < -0.3 is 10.6 Å². The first kappa shape index (κ1) is 9.21. The van der Waals surface area contributed by atoms with E-state index in [-0.39, 0.29) is 5.91 Å². The molecule has 3 nitrogen and oxygen atoms in total. The molecule has 1 atom stereocenters. The Labute approximate surface area is 83.5 Å². The van der Waals surface area contributed by atoms with Crippen molar-refractivity contribution in [3.05, 3.63) is 29.8 Å². The van der Waals surface area contributed by atoms with Gasteiger partial charge in [0.15, 0.2) is 0 Å². The molecule has 1 aliphatic rings. The molecular formula is C11H14N2O. The van der Waals surface area contributed by atoms with E-state index in [2.05, 4.69) is 22.8 Å². The average molecular weight is 190 g/mol. The Bertz CT molecular complexity index is 328. The second-order valence-electron chi connectivity index (χ2n) is 3.60. The molecule has 1 aliphatic heterocycles. The first-order chi connectivity index (χ1) is 6.75. The molecule has 3 heteroatoms. The zero-order chi connectivity index (χ0) is 9.97. The topological polar surface area (TPSA) is 41.1 Å². The van der Waals surface area contributed by atoms with Crippen molar-refractivity contribution in [2.24, 2.45) is 0 Å². The number of nitrogens with one attached hydrogen (secondary N) is 2. The highest BCUT2D eigenvalue weighted by atomic mass is 16.1. The largest absolute Gasteiger partial charge is 0.326 e. The number of rotatable bonds is 2. The molecule has 1 saturated heterocycles. The first-order valence-corrected chi connectivity index (χ1v) is 4.86. The minimum atomic E-state index is -0.0282. The van der Waals surface area contributed by atoms with Crippen LogP contribution in [0.25, 0.3) is 0 Å². The quantitative estimate of drug-likeness (QED) is 0.745. The Balaban J connectivity index is 2.05. The van der Waals surface area contributed by atoms with Crippen molar-refractivity contribution in [1.82, 2.24) is 5.32 Å². The van der Waals surface area contributed by atoms with Crippen molar-refractivity contribution in [3.8, 4) is 0 Å². The zero-order valence-corrected chi connectivity index (χ0v) is 8.21. The van der Waals surface area contributed by atoms with Crippen molar-refractivity contribution in [2.45, 2.75) is 19.4 Å². The van der Waals surface area contributed by atoms with Crippen LogP contribution in [0.2, 0.25) is 0 Å². The highest BCUT2D eigenvalue weighted by Gasteiger charge is 2.17. The number of carbonyl (C=O) groups excluding carboxylic acids is 1. The maximum atomic E-state index is 10.8. The predicted molar refractivity (Wildman–Crippen MR) is 56.1 cm³/mol. The highest BCUT2D eigenvalue weighted by Crippen LogP contribution is 2.23. The van der Waals surface area contributed by atoms with E-state index in [0.29, 0.717) is 6.04 Å². The molecule has 0 spiro atoms. The summed E-state index contributed by atoms with van der Waals surface area (Å²) in [4.78, 5) is 10.8. The van der Waals surface area contributed by atoms with Crippen LogP contribution in [0.4, 0.5) is 5.69 Å². The summed E-state index contributed by atoms with van der Waals surface area (Å²) < 4.78 is 0. The lowest BCUT2D eigenvalue weighted by molar-refractivity contribution is -0.114. The van der Waals surface area contributed by atoms with Crippen molar-refractivity contribution < 1.29 is 4.79 Å². The summed E-state index contributed by atoms with van der Waals surface area (Å²) in [6.07, 6.45) is 1.21. The van der Waals surface area contributed by atoms with Crippen LogP contribution in [-0.4, -0.2) is 12.5 Å². The minimum absolute atomic E-state index is 0.0282. The fraction of sp³-hybridized carbons (Fsp3) is 0.364. The molecule has 2 N–H and O–H groups in total. The molecule has 74 valence electrons. The molecule has 2 rings (SSSR count). The molecule has 14 heavy (non-hydrogen) atoms. The first-order valence-electron chi connectivity index (χ1n) is 4.86. The Hall–Kier alpha value is -1.35. The smallest absolute Gasteiger partial charge is 0.221 e. The van der Waals surface area contributed by atoms with E-state index < -0.39 is 0 Å². The van der Waals surface area contributed by atoms with Crippen LogP contribution < -0.4 is 10.6 Å². The predicted octanol–water partition coefficient (Wildman–Crippen LogP) is 1.68. The van der Waals surface area contributed by atoms with Crippen LogP contribution in [0, 0.1) is 0 Å². The van der Waals surface area contributed by atoms with Gasteiger partial charge >= 0.3 is 0 Å². The van der Waals surface area contributed by atoms with E-state index in [9.17, 15) is 4.79 Å². The molecule has 0 radical (unpaired) electrons. The molecule has 1 aromatic rings. The SMILES string of the molecule is CC(=O)Nc1ccc(C2CCN2)cc1. The molecule has 1 heterocycles. The lowest BCUT2D eigenvalue weighted by atomic mass is 9.98. The van der Waals surface area contributed by atoms with Crippen LogP contribution in [0.3, 0.4) is 0 Å². The van der Waals surface area contributed by atoms with Crippen LogP contribution in [0.1, 0.15) is 24.9 Å². The normalized spacial score (nSPS) is 19.9. The van der Waals surface area contributed by atoms with Gasteiger partial charge in [0, 0.05) is 18.7 Å². The molecule has 0 aromatic heterocycles. The standard InChI is InChI=1S/C11H14N2O/c1-8(14)13-10-4-2-9(3-5-10)11-6-7-12-11/h2-5,11-12H,6-7H2,1H3,(H,13,14). The van der Waals surface area contributed by atoms with Crippen LogP contribution in [-0.2, 0) is 4.79 Å². The van der Waals surface area contributed by atoms with E-state index in [0.717, 1.165) is 12.2 Å². The number of amides is 1. The number of carbonyl (C=O) groups is 1. The fourth-order valence-electron chi connectivity index (χ4n) is 1.58. The highest BCUT2D eigenvalue weighted by molar-refractivity contribution is 5.88. The lowest BCUT2D eigenvalue weighted by Crippen LogP contribution is -2.34. The summed E-state index contributed by atoms with van der Waals surface area (Å²) in [5.41, 5.74) is 2.16.